The van der Waals surface area contributed by atoms with Crippen molar-refractivity contribution in [1.82, 2.24) is 0 Å². The number of rotatable bonds is 2. The first-order valence-electron chi connectivity index (χ1n) is 9.36. The van der Waals surface area contributed by atoms with E-state index >= 15 is 0 Å². The molecule has 2 atom stereocenters. The van der Waals surface area contributed by atoms with Gasteiger partial charge in [-0.25, -0.2) is 0 Å². The van der Waals surface area contributed by atoms with Crippen LogP contribution in [0.2, 0.25) is 5.31 Å². The molecular weight excluding hydrogens is 259 g/mol. The molecule has 0 spiro atoms. The molecule has 2 unspecified atom stereocenters. The molecule has 0 aromatic carbocycles. The molecule has 0 radical (unpaired) electrons. The van der Waals surface area contributed by atoms with Crippen molar-refractivity contribution in [3.8, 4) is 0 Å². The number of hydrogen-bond donors (Lipinski definition) is 0. The Hall–Kier alpha value is -0.0151. The minimum atomic E-state index is -0.00338. The summed E-state index contributed by atoms with van der Waals surface area (Å²) in [6.07, 6.45) is 14.6. The SMILES string of the molecule is CC(C)(C)B1OC(C2CCCCC2)C(C2CCCCC2)O1. The third kappa shape index (κ3) is 3.67. The highest BCUT2D eigenvalue weighted by Gasteiger charge is 2.50. The van der Waals surface area contributed by atoms with Crippen LogP contribution in [0.25, 0.3) is 0 Å². The van der Waals surface area contributed by atoms with Crippen LogP contribution >= 0.6 is 0 Å². The quantitative estimate of drug-likeness (QED) is 0.650. The zero-order chi connectivity index (χ0) is 14.9. The summed E-state index contributed by atoms with van der Waals surface area (Å²) in [6.45, 7) is 6.75. The van der Waals surface area contributed by atoms with Gasteiger partial charge in [0, 0.05) is 0 Å². The molecule has 0 aromatic heterocycles. The molecule has 21 heavy (non-hydrogen) atoms. The van der Waals surface area contributed by atoms with Crippen molar-refractivity contribution in [2.75, 3.05) is 0 Å². The van der Waals surface area contributed by atoms with Gasteiger partial charge in [-0.2, -0.15) is 0 Å². The standard InChI is InChI=1S/C18H33BO2/c1-18(2,3)19-20-16(14-10-6-4-7-11-14)17(21-19)15-12-8-5-9-13-15/h14-17H,4-13H2,1-3H3. The highest BCUT2D eigenvalue weighted by atomic mass is 16.7. The van der Waals surface area contributed by atoms with E-state index < -0.39 is 0 Å². The minimum Gasteiger partial charge on any atom is -0.405 e. The van der Waals surface area contributed by atoms with Gasteiger partial charge in [-0.3, -0.25) is 0 Å². The second-order valence-electron chi connectivity index (χ2n) is 8.70. The van der Waals surface area contributed by atoms with Crippen LogP contribution in [-0.2, 0) is 9.31 Å². The zero-order valence-electron chi connectivity index (χ0n) is 14.3. The topological polar surface area (TPSA) is 18.5 Å². The fourth-order valence-electron chi connectivity index (χ4n) is 4.56. The molecule has 3 aliphatic rings. The first-order valence-corrected chi connectivity index (χ1v) is 9.36. The zero-order valence-corrected chi connectivity index (χ0v) is 14.3. The first-order chi connectivity index (χ1) is 10.1. The van der Waals surface area contributed by atoms with Gasteiger partial charge in [0.1, 0.15) is 0 Å². The van der Waals surface area contributed by atoms with Crippen LogP contribution in [0.4, 0.5) is 0 Å². The van der Waals surface area contributed by atoms with Crippen LogP contribution in [0.1, 0.15) is 85.0 Å². The summed E-state index contributed by atoms with van der Waals surface area (Å²) in [5, 5.41) is 0.0936. The average Bonchev–Trinajstić information content (AvgIpc) is 2.94. The van der Waals surface area contributed by atoms with E-state index in [9.17, 15) is 0 Å². The molecule has 2 saturated carbocycles. The molecule has 2 nitrogen and oxygen atoms in total. The molecule has 1 aliphatic heterocycles. The lowest BCUT2D eigenvalue weighted by molar-refractivity contribution is 0.0324. The summed E-state index contributed by atoms with van der Waals surface area (Å²) in [6, 6.07) is 0. The maximum absolute atomic E-state index is 6.51. The summed E-state index contributed by atoms with van der Waals surface area (Å²) < 4.78 is 13.0. The Labute approximate surface area is 131 Å². The van der Waals surface area contributed by atoms with E-state index in [1.165, 1.54) is 64.2 Å². The highest BCUT2D eigenvalue weighted by molar-refractivity contribution is 6.49. The Bertz CT molecular complexity index is 301. The number of hydrogen-bond acceptors (Lipinski definition) is 2. The predicted octanol–water partition coefficient (Wildman–Crippen LogP) is 5.22. The van der Waals surface area contributed by atoms with Crippen LogP contribution in [0.15, 0.2) is 0 Å². The molecule has 0 bridgehead atoms. The van der Waals surface area contributed by atoms with Gasteiger partial charge in [0.05, 0.1) is 12.2 Å². The Morgan fingerprint density at radius 1 is 0.667 bits per heavy atom. The Kier molecular flexibility index (Phi) is 5.00. The molecule has 3 heteroatoms. The predicted molar refractivity (Wildman–Crippen MR) is 88.4 cm³/mol. The molecule has 120 valence electrons. The molecule has 2 aliphatic carbocycles. The maximum Gasteiger partial charge on any atom is 0.463 e. The molecule has 0 amide bonds. The summed E-state index contributed by atoms with van der Waals surface area (Å²) in [5.41, 5.74) is 0. The van der Waals surface area contributed by atoms with Gasteiger partial charge in [-0.15, -0.1) is 0 Å². The van der Waals surface area contributed by atoms with Crippen LogP contribution in [-0.4, -0.2) is 19.3 Å². The van der Waals surface area contributed by atoms with Crippen molar-refractivity contribution >= 4 is 7.12 Å². The van der Waals surface area contributed by atoms with Crippen LogP contribution in [0.3, 0.4) is 0 Å². The van der Waals surface area contributed by atoms with Gasteiger partial charge in [0.25, 0.3) is 0 Å². The molecule has 3 fully saturated rings. The van der Waals surface area contributed by atoms with Gasteiger partial charge < -0.3 is 9.31 Å². The largest absolute Gasteiger partial charge is 0.463 e. The second kappa shape index (κ2) is 6.62. The van der Waals surface area contributed by atoms with E-state index in [1.807, 2.05) is 0 Å². The van der Waals surface area contributed by atoms with E-state index in [4.69, 9.17) is 9.31 Å². The summed E-state index contributed by atoms with van der Waals surface area (Å²) >= 11 is 0. The summed E-state index contributed by atoms with van der Waals surface area (Å²) in [5.74, 6) is 1.50. The lowest BCUT2D eigenvalue weighted by Gasteiger charge is -2.35. The van der Waals surface area contributed by atoms with Gasteiger partial charge in [-0.1, -0.05) is 59.3 Å². The van der Waals surface area contributed by atoms with Crippen molar-refractivity contribution in [3.63, 3.8) is 0 Å². The lowest BCUT2D eigenvalue weighted by atomic mass is 9.61. The second-order valence-corrected chi connectivity index (χ2v) is 8.70. The van der Waals surface area contributed by atoms with E-state index in [2.05, 4.69) is 20.8 Å². The highest BCUT2D eigenvalue weighted by Crippen LogP contribution is 2.44. The third-order valence-corrected chi connectivity index (χ3v) is 5.82. The van der Waals surface area contributed by atoms with Crippen molar-refractivity contribution in [2.24, 2.45) is 11.8 Å². The minimum absolute atomic E-state index is 0.00338. The van der Waals surface area contributed by atoms with Gasteiger partial charge in [-0.05, 0) is 42.8 Å². The average molecular weight is 292 g/mol. The van der Waals surface area contributed by atoms with Crippen molar-refractivity contribution in [1.29, 1.82) is 0 Å². The van der Waals surface area contributed by atoms with Crippen molar-refractivity contribution in [2.45, 2.75) is 103 Å². The van der Waals surface area contributed by atoms with E-state index in [1.54, 1.807) is 0 Å². The monoisotopic (exact) mass is 292 g/mol. The van der Waals surface area contributed by atoms with Crippen LogP contribution in [0, 0.1) is 11.8 Å². The Balaban J connectivity index is 1.72. The smallest absolute Gasteiger partial charge is 0.405 e. The molecule has 0 N–H and O–H groups in total. The Morgan fingerprint density at radius 3 is 1.38 bits per heavy atom. The van der Waals surface area contributed by atoms with E-state index in [-0.39, 0.29) is 12.4 Å². The van der Waals surface area contributed by atoms with Gasteiger partial charge in [0.15, 0.2) is 0 Å². The fourth-order valence-corrected chi connectivity index (χ4v) is 4.56. The molecule has 3 rings (SSSR count). The Morgan fingerprint density at radius 2 is 1.05 bits per heavy atom. The van der Waals surface area contributed by atoms with Crippen molar-refractivity contribution < 1.29 is 9.31 Å². The first kappa shape index (κ1) is 15.9. The summed E-state index contributed by atoms with van der Waals surface area (Å²) in [7, 11) is -0.00338. The maximum atomic E-state index is 6.51. The molecule has 1 saturated heterocycles. The van der Waals surface area contributed by atoms with E-state index in [0.29, 0.717) is 12.2 Å². The normalized spacial score (nSPS) is 33.6. The third-order valence-electron chi connectivity index (χ3n) is 5.82. The lowest BCUT2D eigenvalue weighted by Crippen LogP contribution is -2.38. The van der Waals surface area contributed by atoms with Gasteiger partial charge >= 0.3 is 7.12 Å². The molecule has 1 heterocycles. The van der Waals surface area contributed by atoms with Crippen LogP contribution < -0.4 is 0 Å². The van der Waals surface area contributed by atoms with E-state index in [0.717, 1.165) is 11.8 Å². The van der Waals surface area contributed by atoms with Crippen molar-refractivity contribution in [3.05, 3.63) is 0 Å². The molecule has 0 aromatic rings. The fraction of sp³-hybridized carbons (Fsp3) is 1.00. The van der Waals surface area contributed by atoms with Gasteiger partial charge in [0.2, 0.25) is 0 Å². The van der Waals surface area contributed by atoms with Crippen LogP contribution in [0.5, 0.6) is 0 Å². The molecular formula is C18H33BO2. The summed E-state index contributed by atoms with van der Waals surface area (Å²) in [4.78, 5) is 0.